The predicted molar refractivity (Wildman–Crippen MR) is 104 cm³/mol. The number of aliphatic hydroxyl groups excluding tert-OH is 1. The van der Waals surface area contributed by atoms with Crippen molar-refractivity contribution in [1.82, 2.24) is 0 Å². The molecule has 0 saturated heterocycles. The Bertz CT molecular complexity index is 736. The molecule has 0 aliphatic heterocycles. The minimum Gasteiger partial charge on any atom is -0.481 e. The van der Waals surface area contributed by atoms with Crippen LogP contribution in [0.25, 0.3) is 11.1 Å². The number of primary amides is 1. The average molecular weight is 373 g/mol. The molecule has 1 amide bonds. The lowest BCUT2D eigenvalue weighted by atomic mass is 9.93. The summed E-state index contributed by atoms with van der Waals surface area (Å²) in [6.45, 7) is 0. The second-order valence-electron chi connectivity index (χ2n) is 6.12. The normalized spacial score (nSPS) is 13.1. The van der Waals surface area contributed by atoms with E-state index in [1.165, 1.54) is 0 Å². The number of nitrogens with two attached hydrogens (primary N) is 1. The van der Waals surface area contributed by atoms with Crippen molar-refractivity contribution in [2.45, 2.75) is 24.7 Å². The van der Waals surface area contributed by atoms with E-state index in [4.69, 9.17) is 5.73 Å². The Morgan fingerprint density at radius 1 is 1.00 bits per heavy atom. The molecule has 0 heterocycles. The number of rotatable bonds is 10. The number of hydrogen-bond donors (Lipinski definition) is 3. The van der Waals surface area contributed by atoms with Gasteiger partial charge in [0.05, 0.1) is 17.1 Å². The summed E-state index contributed by atoms with van der Waals surface area (Å²) in [6.07, 6.45) is 1.02. The Morgan fingerprint density at radius 2 is 1.69 bits per heavy atom. The highest BCUT2D eigenvalue weighted by Crippen LogP contribution is 2.24. The van der Waals surface area contributed by atoms with Crippen LogP contribution in [0.5, 0.6) is 0 Å². The lowest BCUT2D eigenvalue weighted by Gasteiger charge is -2.15. The number of carbonyl (C=O) groups excluding carboxylic acids is 1. The van der Waals surface area contributed by atoms with Crippen LogP contribution < -0.4 is 5.73 Å². The molecule has 26 heavy (non-hydrogen) atoms. The van der Waals surface area contributed by atoms with Gasteiger partial charge in [-0.2, -0.15) is 0 Å². The molecule has 0 aliphatic rings. The van der Waals surface area contributed by atoms with Crippen molar-refractivity contribution in [3.63, 3.8) is 0 Å². The van der Waals surface area contributed by atoms with E-state index in [0.717, 1.165) is 28.5 Å². The molecule has 0 radical (unpaired) electrons. The summed E-state index contributed by atoms with van der Waals surface area (Å²) < 4.78 is 0. The van der Waals surface area contributed by atoms with Gasteiger partial charge in [0.15, 0.2) is 0 Å². The van der Waals surface area contributed by atoms with Crippen LogP contribution >= 0.6 is 11.8 Å². The first kappa shape index (κ1) is 20.0. The first-order valence-electron chi connectivity index (χ1n) is 8.41. The van der Waals surface area contributed by atoms with Crippen LogP contribution in [-0.4, -0.2) is 33.3 Å². The largest absolute Gasteiger partial charge is 0.481 e. The average Bonchev–Trinajstić information content (AvgIpc) is 2.64. The summed E-state index contributed by atoms with van der Waals surface area (Å²) in [5, 5.41) is 19.3. The quantitative estimate of drug-likeness (QED) is 0.556. The van der Waals surface area contributed by atoms with E-state index in [1.54, 1.807) is 0 Å². The van der Waals surface area contributed by atoms with Gasteiger partial charge in [0.2, 0.25) is 5.91 Å². The van der Waals surface area contributed by atoms with Crippen LogP contribution in [0.1, 0.15) is 18.4 Å². The third-order valence-electron chi connectivity index (χ3n) is 4.05. The van der Waals surface area contributed by atoms with Gasteiger partial charge in [-0.1, -0.05) is 54.6 Å². The summed E-state index contributed by atoms with van der Waals surface area (Å²) in [4.78, 5) is 22.3. The lowest BCUT2D eigenvalue weighted by molar-refractivity contribution is -0.142. The molecule has 4 N–H and O–H groups in total. The molecule has 2 aromatic carbocycles. The lowest BCUT2D eigenvalue weighted by Crippen LogP contribution is -2.20. The van der Waals surface area contributed by atoms with Crippen LogP contribution in [0.4, 0.5) is 0 Å². The summed E-state index contributed by atoms with van der Waals surface area (Å²) in [5.41, 5.74) is 7.32. The first-order valence-corrected chi connectivity index (χ1v) is 9.45. The number of aliphatic hydroxyl groups is 1. The third-order valence-corrected chi connectivity index (χ3v) is 5.12. The highest BCUT2D eigenvalue weighted by atomic mass is 32.2. The summed E-state index contributed by atoms with van der Waals surface area (Å²) >= 11 is 1.03. The van der Waals surface area contributed by atoms with Gasteiger partial charge in [0.25, 0.3) is 0 Å². The minimum absolute atomic E-state index is 0.0258. The fourth-order valence-corrected chi connectivity index (χ4v) is 3.37. The molecule has 6 heteroatoms. The third kappa shape index (κ3) is 6.54. The minimum atomic E-state index is -0.887. The van der Waals surface area contributed by atoms with Gasteiger partial charge < -0.3 is 15.9 Å². The van der Waals surface area contributed by atoms with E-state index in [-0.39, 0.29) is 5.75 Å². The Morgan fingerprint density at radius 3 is 2.35 bits per heavy atom. The maximum absolute atomic E-state index is 11.6. The summed E-state index contributed by atoms with van der Waals surface area (Å²) in [6, 6.07) is 17.8. The molecule has 0 spiro atoms. The molecular formula is C20H23NO4S. The molecular weight excluding hydrogens is 350 g/mol. The van der Waals surface area contributed by atoms with Crippen molar-refractivity contribution >= 4 is 23.6 Å². The van der Waals surface area contributed by atoms with Gasteiger partial charge in [-0.15, -0.1) is 11.8 Å². The molecule has 0 fully saturated rings. The first-order chi connectivity index (χ1) is 12.5. The van der Waals surface area contributed by atoms with E-state index < -0.39 is 23.2 Å². The molecule has 0 aliphatic carbocycles. The number of amides is 1. The SMILES string of the molecule is NC(=O)CSC(O)CCC(Cc1cccc(-c2ccccc2)c1)C(=O)O. The number of carboxylic acid groups (broad SMARTS) is 1. The van der Waals surface area contributed by atoms with Gasteiger partial charge in [0, 0.05) is 0 Å². The molecule has 2 rings (SSSR count). The maximum atomic E-state index is 11.6. The van der Waals surface area contributed by atoms with Crippen molar-refractivity contribution in [3.8, 4) is 11.1 Å². The Hall–Kier alpha value is -2.31. The zero-order valence-electron chi connectivity index (χ0n) is 14.4. The van der Waals surface area contributed by atoms with E-state index in [2.05, 4.69) is 0 Å². The monoisotopic (exact) mass is 373 g/mol. The van der Waals surface area contributed by atoms with Crippen molar-refractivity contribution in [3.05, 3.63) is 60.2 Å². The zero-order valence-corrected chi connectivity index (χ0v) is 15.2. The van der Waals surface area contributed by atoms with Crippen molar-refractivity contribution < 1.29 is 19.8 Å². The van der Waals surface area contributed by atoms with Crippen LogP contribution in [0.2, 0.25) is 0 Å². The van der Waals surface area contributed by atoms with Crippen LogP contribution in [-0.2, 0) is 16.0 Å². The number of carbonyl (C=O) groups is 2. The van der Waals surface area contributed by atoms with Gasteiger partial charge in [-0.25, -0.2) is 0 Å². The van der Waals surface area contributed by atoms with Crippen LogP contribution in [0.15, 0.2) is 54.6 Å². The maximum Gasteiger partial charge on any atom is 0.306 e. The molecule has 138 valence electrons. The van der Waals surface area contributed by atoms with Gasteiger partial charge in [0.1, 0.15) is 0 Å². The molecule has 0 bridgehead atoms. The Labute approximate surface area is 157 Å². The molecule has 2 unspecified atom stereocenters. The molecule has 2 atom stereocenters. The van der Waals surface area contributed by atoms with E-state index in [9.17, 15) is 19.8 Å². The number of thioether (sulfide) groups is 1. The second kappa shape index (κ2) is 9.99. The molecule has 5 nitrogen and oxygen atoms in total. The summed E-state index contributed by atoms with van der Waals surface area (Å²) in [5.74, 6) is -1.95. The Kier molecular flexibility index (Phi) is 7.69. The fourth-order valence-electron chi connectivity index (χ4n) is 2.71. The van der Waals surface area contributed by atoms with E-state index >= 15 is 0 Å². The summed E-state index contributed by atoms with van der Waals surface area (Å²) in [7, 11) is 0. The highest BCUT2D eigenvalue weighted by molar-refractivity contribution is 8.00. The van der Waals surface area contributed by atoms with E-state index in [0.29, 0.717) is 19.3 Å². The molecule has 0 aromatic heterocycles. The number of hydrogen-bond acceptors (Lipinski definition) is 4. The van der Waals surface area contributed by atoms with Crippen molar-refractivity contribution in [2.24, 2.45) is 11.7 Å². The van der Waals surface area contributed by atoms with Gasteiger partial charge in [-0.3, -0.25) is 9.59 Å². The zero-order chi connectivity index (χ0) is 18.9. The fraction of sp³-hybridized carbons (Fsp3) is 0.300. The topological polar surface area (TPSA) is 101 Å². The van der Waals surface area contributed by atoms with Gasteiger partial charge in [-0.05, 0) is 36.0 Å². The highest BCUT2D eigenvalue weighted by Gasteiger charge is 2.20. The number of benzene rings is 2. The smallest absolute Gasteiger partial charge is 0.306 e. The van der Waals surface area contributed by atoms with Crippen molar-refractivity contribution in [1.29, 1.82) is 0 Å². The standard InChI is InChI=1S/C20H23NO4S/c21-18(22)13-26-19(23)10-9-17(20(24)25)12-14-5-4-8-16(11-14)15-6-2-1-3-7-15/h1-8,11,17,19,23H,9-10,12-13H2,(H2,21,22)(H,24,25). The van der Waals surface area contributed by atoms with Gasteiger partial charge >= 0.3 is 5.97 Å². The second-order valence-corrected chi connectivity index (χ2v) is 7.28. The number of aliphatic carboxylic acids is 1. The molecule has 0 saturated carbocycles. The number of carboxylic acids is 1. The van der Waals surface area contributed by atoms with Crippen LogP contribution in [0.3, 0.4) is 0 Å². The Balaban J connectivity index is 1.99. The van der Waals surface area contributed by atoms with Crippen molar-refractivity contribution in [2.75, 3.05) is 5.75 Å². The molecule has 2 aromatic rings. The van der Waals surface area contributed by atoms with Crippen LogP contribution in [0, 0.1) is 5.92 Å². The predicted octanol–water partition coefficient (Wildman–Crippen LogP) is 2.91. The van der Waals surface area contributed by atoms with E-state index in [1.807, 2.05) is 54.6 Å².